The predicted octanol–water partition coefficient (Wildman–Crippen LogP) is 7.08. The highest BCUT2D eigenvalue weighted by atomic mass is 32.2. The predicted molar refractivity (Wildman–Crippen MR) is 149 cm³/mol. The Kier molecular flexibility index (Phi) is 8.80. The average molecular weight is 497 g/mol. The number of nitrogens with zero attached hydrogens (tertiary/aromatic N) is 2. The van der Waals surface area contributed by atoms with Gasteiger partial charge in [-0.1, -0.05) is 74.0 Å². The van der Waals surface area contributed by atoms with Gasteiger partial charge in [0.1, 0.15) is 5.75 Å². The van der Waals surface area contributed by atoms with Crippen LogP contribution in [0.1, 0.15) is 25.3 Å². The molecular formula is C31H32N2O2S. The minimum absolute atomic E-state index is 0.131. The Morgan fingerprint density at radius 3 is 2.00 bits per heavy atom. The van der Waals surface area contributed by atoms with Gasteiger partial charge in [0.05, 0.1) is 5.25 Å². The SMILES string of the molecule is CCCC(Sc1cc(-c2ccccc2)c(O)c(-c2ccccc2)c1)C(=O)N(C)CCc1ccncc1. The average Bonchev–Trinajstić information content (AvgIpc) is 2.93. The highest BCUT2D eigenvalue weighted by Crippen LogP contribution is 2.42. The molecule has 0 saturated carbocycles. The van der Waals surface area contributed by atoms with E-state index in [1.165, 1.54) is 5.56 Å². The fourth-order valence-corrected chi connectivity index (χ4v) is 5.55. The number of carbonyl (C=O) groups is 1. The third-order valence-corrected chi connectivity index (χ3v) is 7.45. The first-order valence-corrected chi connectivity index (χ1v) is 13.2. The molecular weight excluding hydrogens is 464 g/mol. The number of pyridine rings is 1. The van der Waals surface area contributed by atoms with Crippen molar-refractivity contribution in [2.45, 2.75) is 36.3 Å². The van der Waals surface area contributed by atoms with Gasteiger partial charge in [0, 0.05) is 42.0 Å². The summed E-state index contributed by atoms with van der Waals surface area (Å²) in [6.07, 6.45) is 6.06. The van der Waals surface area contributed by atoms with Crippen LogP contribution < -0.4 is 0 Å². The van der Waals surface area contributed by atoms with Gasteiger partial charge in [-0.05, 0) is 53.8 Å². The molecule has 0 saturated heterocycles. The summed E-state index contributed by atoms with van der Waals surface area (Å²) in [6, 6.07) is 27.8. The number of rotatable bonds is 10. The van der Waals surface area contributed by atoms with Crippen molar-refractivity contribution in [3.05, 3.63) is 103 Å². The smallest absolute Gasteiger partial charge is 0.235 e. The summed E-state index contributed by atoms with van der Waals surface area (Å²) < 4.78 is 0. The molecule has 4 aromatic rings. The van der Waals surface area contributed by atoms with E-state index in [2.05, 4.69) is 11.9 Å². The lowest BCUT2D eigenvalue weighted by Gasteiger charge is -2.24. The summed E-state index contributed by atoms with van der Waals surface area (Å²) in [4.78, 5) is 20.4. The molecule has 1 aromatic heterocycles. The number of benzene rings is 3. The van der Waals surface area contributed by atoms with Gasteiger partial charge in [-0.2, -0.15) is 0 Å². The van der Waals surface area contributed by atoms with Gasteiger partial charge < -0.3 is 10.0 Å². The molecule has 4 rings (SSSR count). The first-order chi connectivity index (χ1) is 17.6. The normalized spacial score (nSPS) is 11.7. The molecule has 0 aliphatic carbocycles. The van der Waals surface area contributed by atoms with Crippen molar-refractivity contribution in [2.24, 2.45) is 0 Å². The summed E-state index contributed by atoms with van der Waals surface area (Å²) in [6.45, 7) is 2.77. The summed E-state index contributed by atoms with van der Waals surface area (Å²) in [5.74, 6) is 0.385. The van der Waals surface area contributed by atoms with Gasteiger partial charge in [-0.25, -0.2) is 0 Å². The van der Waals surface area contributed by atoms with Gasteiger partial charge in [-0.3, -0.25) is 9.78 Å². The zero-order valence-electron chi connectivity index (χ0n) is 20.8. The molecule has 4 nitrogen and oxygen atoms in total. The van der Waals surface area contributed by atoms with Crippen LogP contribution in [0.2, 0.25) is 0 Å². The molecule has 1 N–H and O–H groups in total. The topological polar surface area (TPSA) is 53.4 Å². The van der Waals surface area contributed by atoms with E-state index in [0.29, 0.717) is 6.54 Å². The number of hydrogen-bond donors (Lipinski definition) is 1. The second-order valence-corrected chi connectivity index (χ2v) is 10.1. The minimum Gasteiger partial charge on any atom is -0.507 e. The van der Waals surface area contributed by atoms with E-state index < -0.39 is 0 Å². The zero-order chi connectivity index (χ0) is 25.3. The second kappa shape index (κ2) is 12.4. The van der Waals surface area contributed by atoms with Crippen molar-refractivity contribution in [1.82, 2.24) is 9.88 Å². The van der Waals surface area contributed by atoms with E-state index in [4.69, 9.17) is 0 Å². The maximum Gasteiger partial charge on any atom is 0.235 e. The number of carbonyl (C=O) groups excluding carboxylic acids is 1. The molecule has 3 aromatic carbocycles. The molecule has 5 heteroatoms. The van der Waals surface area contributed by atoms with Gasteiger partial charge in [0.25, 0.3) is 0 Å². The van der Waals surface area contributed by atoms with Crippen LogP contribution in [0, 0.1) is 0 Å². The molecule has 36 heavy (non-hydrogen) atoms. The molecule has 0 fully saturated rings. The molecule has 1 amide bonds. The number of thioether (sulfide) groups is 1. The standard InChI is InChI=1S/C31H32N2O2S/c1-3-10-29(31(35)33(2)20-17-23-15-18-32-19-16-23)36-26-21-27(24-11-6-4-7-12-24)30(34)28(22-26)25-13-8-5-9-14-25/h4-9,11-16,18-19,21-22,29,34H,3,10,17,20H2,1-2H3. The Morgan fingerprint density at radius 1 is 0.917 bits per heavy atom. The van der Waals surface area contributed by atoms with E-state index in [-0.39, 0.29) is 16.9 Å². The fourth-order valence-electron chi connectivity index (χ4n) is 4.21. The maximum atomic E-state index is 13.5. The Bertz CT molecular complexity index is 1200. The summed E-state index contributed by atoms with van der Waals surface area (Å²) in [7, 11) is 1.88. The van der Waals surface area contributed by atoms with E-state index in [1.54, 1.807) is 24.2 Å². The monoisotopic (exact) mass is 496 g/mol. The van der Waals surface area contributed by atoms with Gasteiger partial charge in [0.2, 0.25) is 5.91 Å². The molecule has 0 bridgehead atoms. The van der Waals surface area contributed by atoms with Crippen molar-refractivity contribution >= 4 is 17.7 Å². The van der Waals surface area contributed by atoms with Crippen LogP contribution in [0.3, 0.4) is 0 Å². The van der Waals surface area contributed by atoms with Crippen molar-refractivity contribution in [2.75, 3.05) is 13.6 Å². The Labute approximate surface area is 218 Å². The summed E-state index contributed by atoms with van der Waals surface area (Å²) in [5, 5.41) is 11.0. The first kappa shape index (κ1) is 25.5. The molecule has 0 aliphatic rings. The zero-order valence-corrected chi connectivity index (χ0v) is 21.6. The largest absolute Gasteiger partial charge is 0.507 e. The maximum absolute atomic E-state index is 13.5. The number of amides is 1. The van der Waals surface area contributed by atoms with Crippen LogP contribution in [0.4, 0.5) is 0 Å². The van der Waals surface area contributed by atoms with E-state index in [9.17, 15) is 9.90 Å². The third kappa shape index (κ3) is 6.35. The van der Waals surface area contributed by atoms with Crippen LogP contribution in [0.25, 0.3) is 22.3 Å². The summed E-state index contributed by atoms with van der Waals surface area (Å²) >= 11 is 1.59. The molecule has 1 unspecified atom stereocenters. The highest BCUT2D eigenvalue weighted by Gasteiger charge is 2.24. The lowest BCUT2D eigenvalue weighted by molar-refractivity contribution is -0.129. The van der Waals surface area contributed by atoms with Crippen LogP contribution in [-0.2, 0) is 11.2 Å². The van der Waals surface area contributed by atoms with E-state index in [1.807, 2.05) is 96.9 Å². The molecule has 1 heterocycles. The van der Waals surface area contributed by atoms with Crippen molar-refractivity contribution < 1.29 is 9.90 Å². The Morgan fingerprint density at radius 2 is 1.47 bits per heavy atom. The quantitative estimate of drug-likeness (QED) is 0.238. The van der Waals surface area contributed by atoms with Crippen LogP contribution in [-0.4, -0.2) is 39.7 Å². The number of hydrogen-bond acceptors (Lipinski definition) is 4. The van der Waals surface area contributed by atoms with Crippen molar-refractivity contribution in [1.29, 1.82) is 0 Å². The molecule has 0 aliphatic heterocycles. The minimum atomic E-state index is -0.200. The van der Waals surface area contributed by atoms with Crippen LogP contribution >= 0.6 is 11.8 Å². The van der Waals surface area contributed by atoms with Gasteiger partial charge in [-0.15, -0.1) is 11.8 Å². The first-order valence-electron chi connectivity index (χ1n) is 12.3. The highest BCUT2D eigenvalue weighted by molar-refractivity contribution is 8.00. The number of phenolic OH excluding ortho intramolecular Hbond substituents is 1. The lowest BCUT2D eigenvalue weighted by Crippen LogP contribution is -2.36. The van der Waals surface area contributed by atoms with Crippen molar-refractivity contribution in [3.8, 4) is 28.0 Å². The molecule has 1 atom stereocenters. The van der Waals surface area contributed by atoms with Crippen LogP contribution in [0.15, 0.2) is 102 Å². The summed E-state index contributed by atoms with van der Waals surface area (Å²) in [5.41, 5.74) is 4.61. The molecule has 184 valence electrons. The molecule has 0 radical (unpaired) electrons. The Hall–Kier alpha value is -3.57. The lowest BCUT2D eigenvalue weighted by atomic mass is 9.97. The fraction of sp³-hybridized carbons (Fsp3) is 0.226. The van der Waals surface area contributed by atoms with Gasteiger partial charge >= 0.3 is 0 Å². The number of aromatic nitrogens is 1. The number of phenols is 1. The molecule has 0 spiro atoms. The van der Waals surface area contributed by atoms with Crippen LogP contribution in [0.5, 0.6) is 5.75 Å². The van der Waals surface area contributed by atoms with Crippen molar-refractivity contribution in [3.63, 3.8) is 0 Å². The Balaban J connectivity index is 1.62. The second-order valence-electron chi connectivity index (χ2n) is 8.86. The van der Waals surface area contributed by atoms with E-state index >= 15 is 0 Å². The number of likely N-dealkylation sites (N-methyl/N-ethyl adjacent to an activating group) is 1. The number of aromatic hydroxyl groups is 1. The van der Waals surface area contributed by atoms with Gasteiger partial charge in [0.15, 0.2) is 0 Å². The van der Waals surface area contributed by atoms with E-state index in [0.717, 1.165) is 46.4 Å². The third-order valence-electron chi connectivity index (χ3n) is 6.22.